The van der Waals surface area contributed by atoms with Crippen molar-refractivity contribution in [1.82, 2.24) is 9.21 Å². The van der Waals surface area contributed by atoms with E-state index in [0.717, 1.165) is 9.87 Å². The summed E-state index contributed by atoms with van der Waals surface area (Å²) in [5.41, 5.74) is 1.42. The quantitative estimate of drug-likeness (QED) is 0.860. The van der Waals surface area contributed by atoms with Crippen molar-refractivity contribution < 1.29 is 27.5 Å². The Morgan fingerprint density at radius 1 is 1.19 bits per heavy atom. The Labute approximate surface area is 150 Å². The van der Waals surface area contributed by atoms with Crippen molar-refractivity contribution in [3.8, 4) is 0 Å². The van der Waals surface area contributed by atoms with Crippen LogP contribution in [0.1, 0.15) is 27.7 Å². The summed E-state index contributed by atoms with van der Waals surface area (Å²) in [4.78, 5) is 25.8. The lowest BCUT2D eigenvalue weighted by Crippen LogP contribution is -2.43. The summed E-state index contributed by atoms with van der Waals surface area (Å²) in [6.07, 6.45) is 0.509. The molecule has 0 saturated heterocycles. The first-order chi connectivity index (χ1) is 12.2. The number of fused-ring (bicyclic) bond motifs is 1. The third-order valence-electron chi connectivity index (χ3n) is 4.31. The normalized spacial score (nSPS) is 17.2. The van der Waals surface area contributed by atoms with Gasteiger partial charge in [0.05, 0.1) is 0 Å². The molecule has 1 N–H and O–H groups in total. The van der Waals surface area contributed by atoms with Crippen molar-refractivity contribution in [2.45, 2.75) is 17.6 Å². The van der Waals surface area contributed by atoms with E-state index in [2.05, 4.69) is 0 Å². The number of nitrogens with zero attached hydrogens (tertiary/aromatic N) is 2. The predicted octanol–water partition coefficient (Wildman–Crippen LogP) is 1.35. The molecule has 26 heavy (non-hydrogen) atoms. The van der Waals surface area contributed by atoms with E-state index in [1.54, 1.807) is 12.1 Å². The van der Waals surface area contributed by atoms with Crippen LogP contribution in [0, 0.1) is 0 Å². The SMILES string of the molecule is CN(C)S(=O)(=O)c1ccc(C(=O)N2CCc3ccccc3C2C(=O)O)o1. The van der Waals surface area contributed by atoms with Crippen LogP contribution >= 0.6 is 0 Å². The van der Waals surface area contributed by atoms with E-state index >= 15 is 0 Å². The van der Waals surface area contributed by atoms with Gasteiger partial charge in [-0.15, -0.1) is 0 Å². The van der Waals surface area contributed by atoms with Crippen LogP contribution in [0.3, 0.4) is 0 Å². The average molecular weight is 378 g/mol. The third-order valence-corrected chi connectivity index (χ3v) is 5.99. The molecule has 0 fully saturated rings. The number of hydrogen-bond acceptors (Lipinski definition) is 5. The third kappa shape index (κ3) is 2.99. The minimum atomic E-state index is -3.82. The molecule has 1 aromatic heterocycles. The highest BCUT2D eigenvalue weighted by molar-refractivity contribution is 7.88. The largest absolute Gasteiger partial charge is 0.479 e. The Bertz CT molecular complexity index is 963. The molecule has 1 atom stereocenters. The van der Waals surface area contributed by atoms with Gasteiger partial charge in [-0.2, -0.15) is 0 Å². The second-order valence-electron chi connectivity index (χ2n) is 6.09. The van der Waals surface area contributed by atoms with Gasteiger partial charge in [-0.1, -0.05) is 24.3 Å². The summed E-state index contributed by atoms with van der Waals surface area (Å²) in [6.45, 7) is 0.198. The van der Waals surface area contributed by atoms with Gasteiger partial charge in [0.15, 0.2) is 11.8 Å². The van der Waals surface area contributed by atoms with Crippen molar-refractivity contribution in [3.63, 3.8) is 0 Å². The highest BCUT2D eigenvalue weighted by atomic mass is 32.2. The molecule has 1 aromatic carbocycles. The highest BCUT2D eigenvalue weighted by Gasteiger charge is 2.37. The Morgan fingerprint density at radius 2 is 1.88 bits per heavy atom. The van der Waals surface area contributed by atoms with Crippen LogP contribution in [0.15, 0.2) is 45.9 Å². The molecule has 9 heteroatoms. The number of aliphatic carboxylic acids is 1. The number of carboxylic acid groups (broad SMARTS) is 1. The molecular weight excluding hydrogens is 360 g/mol. The lowest BCUT2D eigenvalue weighted by Gasteiger charge is -2.34. The molecule has 0 radical (unpaired) electrons. The van der Waals surface area contributed by atoms with E-state index in [0.29, 0.717) is 12.0 Å². The summed E-state index contributed by atoms with van der Waals surface area (Å²) in [5.74, 6) is -2.03. The van der Waals surface area contributed by atoms with E-state index in [-0.39, 0.29) is 17.4 Å². The molecular formula is C17H18N2O6S. The molecule has 1 aliphatic heterocycles. The topological polar surface area (TPSA) is 108 Å². The molecule has 2 aromatic rings. The van der Waals surface area contributed by atoms with Crippen LogP contribution < -0.4 is 0 Å². The number of carbonyl (C=O) groups is 2. The molecule has 138 valence electrons. The van der Waals surface area contributed by atoms with Gasteiger partial charge < -0.3 is 14.4 Å². The smallest absolute Gasteiger partial charge is 0.331 e. The summed E-state index contributed by atoms with van der Waals surface area (Å²) in [7, 11) is -1.12. The van der Waals surface area contributed by atoms with Crippen molar-refractivity contribution in [2.24, 2.45) is 0 Å². The second-order valence-corrected chi connectivity index (χ2v) is 8.18. The standard InChI is InChI=1S/C17H18N2O6S/c1-18(2)26(23,24)14-8-7-13(25-14)16(20)19-10-9-11-5-3-4-6-12(11)15(19)17(21)22/h3-8,15H,9-10H2,1-2H3,(H,21,22). The Morgan fingerprint density at radius 3 is 2.54 bits per heavy atom. The maximum absolute atomic E-state index is 12.8. The number of rotatable bonds is 4. The van der Waals surface area contributed by atoms with E-state index in [4.69, 9.17) is 4.42 Å². The number of carbonyl (C=O) groups excluding carboxylic acids is 1. The van der Waals surface area contributed by atoms with Gasteiger partial charge in [0.2, 0.25) is 5.09 Å². The second kappa shape index (κ2) is 6.58. The number of amides is 1. The van der Waals surface area contributed by atoms with Crippen LogP contribution in [-0.2, 0) is 21.2 Å². The summed E-state index contributed by atoms with van der Waals surface area (Å²) in [5, 5.41) is 9.27. The van der Waals surface area contributed by atoms with Gasteiger partial charge in [-0.25, -0.2) is 17.5 Å². The van der Waals surface area contributed by atoms with Gasteiger partial charge in [0.25, 0.3) is 15.9 Å². The van der Waals surface area contributed by atoms with Gasteiger partial charge in [0.1, 0.15) is 0 Å². The van der Waals surface area contributed by atoms with Crippen molar-refractivity contribution >= 4 is 21.9 Å². The molecule has 1 aliphatic rings. The van der Waals surface area contributed by atoms with Crippen LogP contribution in [-0.4, -0.2) is 55.2 Å². The van der Waals surface area contributed by atoms with E-state index in [1.165, 1.54) is 31.1 Å². The fourth-order valence-electron chi connectivity index (χ4n) is 2.95. The van der Waals surface area contributed by atoms with E-state index in [1.807, 2.05) is 12.1 Å². The first kappa shape index (κ1) is 18.2. The molecule has 1 unspecified atom stereocenters. The van der Waals surface area contributed by atoms with Crippen LogP contribution in [0.4, 0.5) is 0 Å². The number of hydrogen-bond donors (Lipinski definition) is 1. The van der Waals surface area contributed by atoms with Crippen LogP contribution in [0.5, 0.6) is 0 Å². The van der Waals surface area contributed by atoms with Crippen molar-refractivity contribution in [2.75, 3.05) is 20.6 Å². The lowest BCUT2D eigenvalue weighted by atomic mass is 9.92. The Kier molecular flexibility index (Phi) is 4.59. The Balaban J connectivity index is 1.96. The van der Waals surface area contributed by atoms with Gasteiger partial charge in [-0.05, 0) is 29.7 Å². The van der Waals surface area contributed by atoms with Crippen molar-refractivity contribution in [3.05, 3.63) is 53.3 Å². The molecule has 8 nitrogen and oxygen atoms in total. The lowest BCUT2D eigenvalue weighted by molar-refractivity contribution is -0.143. The molecule has 0 saturated carbocycles. The first-order valence-electron chi connectivity index (χ1n) is 7.87. The monoisotopic (exact) mass is 378 g/mol. The molecule has 3 rings (SSSR count). The predicted molar refractivity (Wildman–Crippen MR) is 91.1 cm³/mol. The molecule has 0 bridgehead atoms. The number of carboxylic acids is 1. The number of sulfonamides is 1. The van der Waals surface area contributed by atoms with Gasteiger partial charge >= 0.3 is 5.97 Å². The van der Waals surface area contributed by atoms with Crippen molar-refractivity contribution in [1.29, 1.82) is 0 Å². The zero-order chi connectivity index (χ0) is 19.1. The average Bonchev–Trinajstić information content (AvgIpc) is 3.10. The Hall–Kier alpha value is -2.65. The van der Waals surface area contributed by atoms with Crippen LogP contribution in [0.25, 0.3) is 0 Å². The summed E-state index contributed by atoms with van der Waals surface area (Å²) in [6, 6.07) is 8.34. The van der Waals surface area contributed by atoms with E-state index < -0.39 is 27.9 Å². The van der Waals surface area contributed by atoms with E-state index in [9.17, 15) is 23.1 Å². The summed E-state index contributed by atoms with van der Waals surface area (Å²) >= 11 is 0. The number of benzene rings is 1. The zero-order valence-corrected chi connectivity index (χ0v) is 15.1. The minimum absolute atomic E-state index is 0.198. The maximum atomic E-state index is 12.8. The highest BCUT2D eigenvalue weighted by Crippen LogP contribution is 2.31. The molecule has 1 amide bonds. The maximum Gasteiger partial charge on any atom is 0.331 e. The molecule has 2 heterocycles. The minimum Gasteiger partial charge on any atom is -0.479 e. The fraction of sp³-hybridized carbons (Fsp3) is 0.294. The zero-order valence-electron chi connectivity index (χ0n) is 14.2. The molecule has 0 spiro atoms. The molecule has 0 aliphatic carbocycles. The number of furan rings is 1. The fourth-order valence-corrected chi connectivity index (χ4v) is 3.74. The van der Waals surface area contributed by atoms with Gasteiger partial charge in [0, 0.05) is 20.6 Å². The van der Waals surface area contributed by atoms with Crippen LogP contribution in [0.2, 0.25) is 0 Å². The summed E-state index contributed by atoms with van der Waals surface area (Å²) < 4.78 is 30.4. The first-order valence-corrected chi connectivity index (χ1v) is 9.31. The van der Waals surface area contributed by atoms with Gasteiger partial charge in [-0.3, -0.25) is 4.79 Å².